The first-order chi connectivity index (χ1) is 6.22. The molecule has 0 aliphatic heterocycles. The van der Waals surface area contributed by atoms with E-state index in [4.69, 9.17) is 0 Å². The summed E-state index contributed by atoms with van der Waals surface area (Å²) in [5.41, 5.74) is 0.618. The average molecular weight is 245 g/mol. The molecular weight excluding hydrogens is 232 g/mol. The van der Waals surface area contributed by atoms with Gasteiger partial charge in [-0.15, -0.1) is 0 Å². The van der Waals surface area contributed by atoms with Gasteiger partial charge < -0.3 is 14.8 Å². The molecule has 1 aromatic rings. The van der Waals surface area contributed by atoms with E-state index < -0.39 is 6.09 Å². The minimum Gasteiger partial charge on any atom is -0.530 e. The normalized spacial score (nSPS) is 7.64. The van der Waals surface area contributed by atoms with Crippen molar-refractivity contribution in [2.45, 2.75) is 6.92 Å². The van der Waals surface area contributed by atoms with Gasteiger partial charge in [0.05, 0.1) is 0 Å². The maximum Gasteiger partial charge on any atom is 0.141 e. The van der Waals surface area contributed by atoms with E-state index in [-0.39, 0.29) is 19.5 Å². The van der Waals surface area contributed by atoms with Crippen LogP contribution in [0.1, 0.15) is 6.92 Å². The van der Waals surface area contributed by atoms with Crippen LogP contribution in [0.3, 0.4) is 0 Å². The Kier molecular flexibility index (Phi) is 9.68. The van der Waals surface area contributed by atoms with Crippen LogP contribution >= 0.6 is 0 Å². The summed E-state index contributed by atoms with van der Waals surface area (Å²) < 4.78 is 0. The molecule has 0 aliphatic rings. The molecule has 1 radical (unpaired) electrons. The van der Waals surface area contributed by atoms with Gasteiger partial charge in [0.1, 0.15) is 6.09 Å². The van der Waals surface area contributed by atoms with Crippen LogP contribution in [-0.4, -0.2) is 13.1 Å². The summed E-state index contributed by atoms with van der Waals surface area (Å²) in [6.07, 6.45) is -1.20. The molecule has 0 heterocycles. The molecule has 0 saturated carbocycles. The van der Waals surface area contributed by atoms with Crippen LogP contribution in [0.25, 0.3) is 0 Å². The van der Waals surface area contributed by atoms with Gasteiger partial charge in [-0.05, 0) is 12.1 Å². The van der Waals surface area contributed by atoms with Gasteiger partial charge in [0.15, 0.2) is 0 Å². The molecule has 1 aromatic carbocycles. The van der Waals surface area contributed by atoms with Gasteiger partial charge in [0.25, 0.3) is 0 Å². The fourth-order valence-electron chi connectivity index (χ4n) is 0.757. The Morgan fingerprint density at radius 2 is 1.71 bits per heavy atom. The van der Waals surface area contributed by atoms with Crippen LogP contribution < -0.4 is 10.0 Å². The summed E-state index contributed by atoms with van der Waals surface area (Å²) in [7, 11) is 1.45. The molecule has 4 heteroatoms. The molecule has 0 N–H and O–H groups in total. The first-order valence-electron chi connectivity index (χ1n) is 3.92. The van der Waals surface area contributed by atoms with Gasteiger partial charge in [-0.3, -0.25) is 0 Å². The third-order valence-electron chi connectivity index (χ3n) is 1.42. The van der Waals surface area contributed by atoms with Crippen LogP contribution in [-0.2, 0) is 19.5 Å². The summed E-state index contributed by atoms with van der Waals surface area (Å²) in [5.74, 6) is 0. The zero-order valence-corrected chi connectivity index (χ0v) is 11.5. The van der Waals surface area contributed by atoms with Gasteiger partial charge >= 0.3 is 0 Å². The average Bonchev–Trinajstić information content (AvgIpc) is 2.21. The van der Waals surface area contributed by atoms with Crippen LogP contribution in [0.15, 0.2) is 30.3 Å². The van der Waals surface area contributed by atoms with Crippen molar-refractivity contribution in [1.29, 1.82) is 0 Å². The number of carboxylic acid groups (broad SMARTS) is 1. The molecule has 73 valence electrons. The van der Waals surface area contributed by atoms with E-state index in [9.17, 15) is 9.90 Å². The Morgan fingerprint density at radius 3 is 2.07 bits per heavy atom. The predicted molar refractivity (Wildman–Crippen MR) is 51.3 cm³/mol. The third kappa shape index (κ3) is 4.98. The maximum absolute atomic E-state index is 10.3. The molecule has 0 bridgehead atoms. The number of nitrogens with zero attached hydrogens (tertiary/aromatic N) is 1. The van der Waals surface area contributed by atoms with Crippen molar-refractivity contribution >= 4 is 11.8 Å². The molecule has 1 rings (SSSR count). The second-order valence-electron chi connectivity index (χ2n) is 2.16. The van der Waals surface area contributed by atoms with Gasteiger partial charge in [-0.25, -0.2) is 0 Å². The molecule has 0 atom stereocenters. The number of anilines is 1. The molecule has 0 aliphatic carbocycles. The van der Waals surface area contributed by atoms with Crippen LogP contribution in [0.4, 0.5) is 10.5 Å². The van der Waals surface area contributed by atoms with E-state index in [2.05, 4.69) is 6.92 Å². The van der Waals surface area contributed by atoms with Gasteiger partial charge in [-0.2, -0.15) is 0 Å². The van der Waals surface area contributed by atoms with E-state index in [0.717, 1.165) is 4.90 Å². The number of para-hydroxylation sites is 1. The molecule has 0 fully saturated rings. The Bertz CT molecular complexity index is 252. The summed E-state index contributed by atoms with van der Waals surface area (Å²) in [6.45, 7) is 5.00. The molecule has 0 saturated heterocycles. The smallest absolute Gasteiger partial charge is 0.141 e. The number of hydrogen-bond donors (Lipinski definition) is 0. The Labute approximate surface area is 97.5 Å². The first-order valence-corrected chi connectivity index (χ1v) is 3.92. The number of carbonyl (C=O) groups is 1. The van der Waals surface area contributed by atoms with Crippen molar-refractivity contribution in [3.05, 3.63) is 37.3 Å². The van der Waals surface area contributed by atoms with Gasteiger partial charge in [0, 0.05) is 32.2 Å². The fraction of sp³-hybridized carbons (Fsp3) is 0.200. The van der Waals surface area contributed by atoms with Crippen LogP contribution in [0.5, 0.6) is 0 Å². The van der Waals surface area contributed by atoms with Crippen molar-refractivity contribution in [3.8, 4) is 0 Å². The maximum atomic E-state index is 10.3. The van der Waals surface area contributed by atoms with E-state index >= 15 is 0 Å². The second-order valence-corrected chi connectivity index (χ2v) is 2.16. The zero-order valence-electron chi connectivity index (χ0n) is 8.56. The van der Waals surface area contributed by atoms with Crippen molar-refractivity contribution in [3.63, 3.8) is 0 Å². The SMILES string of the molecule is CN(C(=O)[O-])c1ccccc1.[CH2]C.[Zn]. The standard InChI is InChI=1S/C8H9NO2.C2H5.Zn/c1-9(8(10)11)7-5-3-2-4-6-7;1-2;/h2-6H,1H3,(H,10,11);1H2,2H3;/p-1. The molecule has 14 heavy (non-hydrogen) atoms. The molecule has 1 amide bonds. The van der Waals surface area contributed by atoms with Crippen LogP contribution in [0, 0.1) is 6.92 Å². The number of amides is 1. The van der Waals surface area contributed by atoms with Crippen LogP contribution in [0.2, 0.25) is 0 Å². The van der Waals surface area contributed by atoms with Crippen molar-refractivity contribution < 1.29 is 29.4 Å². The minimum atomic E-state index is -1.20. The Balaban J connectivity index is 0. The fourth-order valence-corrected chi connectivity index (χ4v) is 0.757. The van der Waals surface area contributed by atoms with Crippen molar-refractivity contribution in [2.24, 2.45) is 0 Å². The van der Waals surface area contributed by atoms with Crippen molar-refractivity contribution in [2.75, 3.05) is 11.9 Å². The number of rotatable bonds is 1. The predicted octanol–water partition coefficient (Wildman–Crippen LogP) is 1.30. The molecule has 0 aromatic heterocycles. The topological polar surface area (TPSA) is 43.4 Å². The van der Waals surface area contributed by atoms with E-state index in [1.54, 1.807) is 31.2 Å². The van der Waals surface area contributed by atoms with Crippen molar-refractivity contribution in [1.82, 2.24) is 0 Å². The summed E-state index contributed by atoms with van der Waals surface area (Å²) in [4.78, 5) is 11.4. The molecule has 0 unspecified atom stereocenters. The van der Waals surface area contributed by atoms with E-state index in [1.165, 1.54) is 7.05 Å². The largest absolute Gasteiger partial charge is 0.530 e. The van der Waals surface area contributed by atoms with Gasteiger partial charge in [0.2, 0.25) is 0 Å². The van der Waals surface area contributed by atoms with Gasteiger partial charge in [-0.1, -0.05) is 32.0 Å². The Hall–Kier alpha value is -0.887. The molecular formula is C10H13NO2Zn-. The monoisotopic (exact) mass is 243 g/mol. The molecule has 3 nitrogen and oxygen atoms in total. The first kappa shape index (κ1) is 15.6. The summed E-state index contributed by atoms with van der Waals surface area (Å²) >= 11 is 0. The summed E-state index contributed by atoms with van der Waals surface area (Å²) in [6, 6.07) is 8.78. The number of carbonyl (C=O) groups excluding carboxylic acids is 1. The van der Waals surface area contributed by atoms with E-state index in [0.29, 0.717) is 5.69 Å². The second kappa shape index (κ2) is 8.70. The molecule has 0 spiro atoms. The zero-order chi connectivity index (χ0) is 10.3. The number of benzene rings is 1. The van der Waals surface area contributed by atoms with E-state index in [1.807, 2.05) is 6.07 Å². The summed E-state index contributed by atoms with van der Waals surface area (Å²) in [5, 5.41) is 10.3. The quantitative estimate of drug-likeness (QED) is 0.699. The minimum absolute atomic E-state index is 0. The number of hydrogen-bond acceptors (Lipinski definition) is 2. The third-order valence-corrected chi connectivity index (χ3v) is 1.42. The Morgan fingerprint density at radius 1 is 1.29 bits per heavy atom.